The SMILES string of the molecule is COC(=O)C1CCCCN1c1cc(C)ccc1C#N. The Balaban J connectivity index is 2.40. The minimum atomic E-state index is -0.271. The van der Waals surface area contributed by atoms with Crippen LogP contribution in [0.15, 0.2) is 18.2 Å². The van der Waals surface area contributed by atoms with Crippen LogP contribution in [0.2, 0.25) is 0 Å². The Morgan fingerprint density at radius 1 is 1.47 bits per heavy atom. The van der Waals surface area contributed by atoms with Crippen molar-refractivity contribution in [2.75, 3.05) is 18.6 Å². The minimum Gasteiger partial charge on any atom is -0.467 e. The molecule has 1 aliphatic heterocycles. The van der Waals surface area contributed by atoms with Crippen LogP contribution in [0.4, 0.5) is 5.69 Å². The first kappa shape index (κ1) is 13.4. The molecule has 100 valence electrons. The molecule has 1 atom stereocenters. The van der Waals surface area contributed by atoms with Crippen molar-refractivity contribution in [1.82, 2.24) is 0 Å². The maximum Gasteiger partial charge on any atom is 0.328 e. The van der Waals surface area contributed by atoms with Gasteiger partial charge < -0.3 is 9.64 Å². The Morgan fingerprint density at radius 2 is 2.26 bits per heavy atom. The van der Waals surface area contributed by atoms with Crippen LogP contribution in [-0.4, -0.2) is 25.7 Å². The summed E-state index contributed by atoms with van der Waals surface area (Å²) in [7, 11) is 1.41. The number of hydrogen-bond acceptors (Lipinski definition) is 4. The fraction of sp³-hybridized carbons (Fsp3) is 0.467. The van der Waals surface area contributed by atoms with Gasteiger partial charge in [-0.15, -0.1) is 0 Å². The molecule has 4 nitrogen and oxygen atoms in total. The fourth-order valence-corrected chi connectivity index (χ4v) is 2.57. The summed E-state index contributed by atoms with van der Waals surface area (Å²) in [5.74, 6) is -0.218. The molecule has 0 amide bonds. The van der Waals surface area contributed by atoms with Gasteiger partial charge in [-0.1, -0.05) is 6.07 Å². The van der Waals surface area contributed by atoms with Crippen LogP contribution in [0.25, 0.3) is 0 Å². The molecule has 2 rings (SSSR count). The van der Waals surface area contributed by atoms with Crippen molar-refractivity contribution in [2.45, 2.75) is 32.2 Å². The molecular weight excluding hydrogens is 240 g/mol. The molecule has 1 fully saturated rings. The van der Waals surface area contributed by atoms with Gasteiger partial charge in [-0.2, -0.15) is 5.26 Å². The average Bonchev–Trinajstić information content (AvgIpc) is 2.46. The van der Waals surface area contributed by atoms with Crippen molar-refractivity contribution in [3.05, 3.63) is 29.3 Å². The maximum atomic E-state index is 11.9. The number of nitrogens with zero attached hydrogens (tertiary/aromatic N) is 2. The zero-order chi connectivity index (χ0) is 13.8. The molecule has 4 heteroatoms. The summed E-state index contributed by atoms with van der Waals surface area (Å²) in [6.07, 6.45) is 2.84. The molecule has 1 aliphatic rings. The van der Waals surface area contributed by atoms with E-state index in [2.05, 4.69) is 6.07 Å². The highest BCUT2D eigenvalue weighted by atomic mass is 16.5. The lowest BCUT2D eigenvalue weighted by Gasteiger charge is -2.36. The van der Waals surface area contributed by atoms with Gasteiger partial charge in [0.05, 0.1) is 18.4 Å². The van der Waals surface area contributed by atoms with Gasteiger partial charge in [-0.3, -0.25) is 0 Å². The van der Waals surface area contributed by atoms with Crippen molar-refractivity contribution >= 4 is 11.7 Å². The minimum absolute atomic E-state index is 0.218. The third kappa shape index (κ3) is 2.70. The monoisotopic (exact) mass is 258 g/mol. The third-order valence-corrected chi connectivity index (χ3v) is 3.56. The second-order valence-electron chi connectivity index (χ2n) is 4.86. The molecule has 0 aromatic heterocycles. The Morgan fingerprint density at radius 3 is 2.95 bits per heavy atom. The lowest BCUT2D eigenvalue weighted by Crippen LogP contribution is -2.45. The largest absolute Gasteiger partial charge is 0.467 e. The van der Waals surface area contributed by atoms with Crippen molar-refractivity contribution in [3.63, 3.8) is 0 Å². The quantitative estimate of drug-likeness (QED) is 0.764. The summed E-state index contributed by atoms with van der Waals surface area (Å²) in [5, 5.41) is 9.23. The standard InChI is InChI=1S/C15H18N2O2/c1-11-6-7-12(10-16)14(9-11)17-8-4-3-5-13(17)15(18)19-2/h6-7,9,13H,3-5,8H2,1-2H3. The number of ether oxygens (including phenoxy) is 1. The van der Waals surface area contributed by atoms with E-state index in [-0.39, 0.29) is 12.0 Å². The average molecular weight is 258 g/mol. The van der Waals surface area contributed by atoms with Crippen molar-refractivity contribution in [1.29, 1.82) is 5.26 Å². The molecule has 0 spiro atoms. The number of piperidine rings is 1. The Hall–Kier alpha value is -2.02. The zero-order valence-corrected chi connectivity index (χ0v) is 11.3. The number of methoxy groups -OCH3 is 1. The molecule has 0 radical (unpaired) electrons. The van der Waals surface area contributed by atoms with Crippen LogP contribution in [-0.2, 0) is 9.53 Å². The number of aryl methyl sites for hydroxylation is 1. The zero-order valence-electron chi connectivity index (χ0n) is 11.3. The third-order valence-electron chi connectivity index (χ3n) is 3.56. The first-order chi connectivity index (χ1) is 9.17. The van der Waals surface area contributed by atoms with Crippen LogP contribution in [0.1, 0.15) is 30.4 Å². The van der Waals surface area contributed by atoms with Crippen LogP contribution in [0.3, 0.4) is 0 Å². The predicted molar refractivity (Wildman–Crippen MR) is 72.9 cm³/mol. The first-order valence-electron chi connectivity index (χ1n) is 6.52. The summed E-state index contributed by atoms with van der Waals surface area (Å²) >= 11 is 0. The summed E-state index contributed by atoms with van der Waals surface area (Å²) in [5.41, 5.74) is 2.54. The molecule has 1 unspecified atom stereocenters. The van der Waals surface area contributed by atoms with Gasteiger partial charge in [0.2, 0.25) is 0 Å². The second kappa shape index (κ2) is 5.75. The molecular formula is C15H18N2O2. The van der Waals surface area contributed by atoms with Crippen LogP contribution < -0.4 is 4.90 Å². The number of nitriles is 1. The number of hydrogen-bond donors (Lipinski definition) is 0. The number of benzene rings is 1. The van der Waals surface area contributed by atoms with Gasteiger partial charge in [0.1, 0.15) is 12.1 Å². The molecule has 1 aromatic carbocycles. The highest BCUT2D eigenvalue weighted by molar-refractivity contribution is 5.81. The number of rotatable bonds is 2. The van der Waals surface area contributed by atoms with E-state index in [1.165, 1.54) is 7.11 Å². The molecule has 1 aromatic rings. The van der Waals surface area contributed by atoms with E-state index >= 15 is 0 Å². The van der Waals surface area contributed by atoms with Crippen LogP contribution in [0, 0.1) is 18.3 Å². The van der Waals surface area contributed by atoms with E-state index in [4.69, 9.17) is 4.74 Å². The van der Waals surface area contributed by atoms with Crippen molar-refractivity contribution < 1.29 is 9.53 Å². The van der Waals surface area contributed by atoms with Gasteiger partial charge in [0.15, 0.2) is 0 Å². The Kier molecular flexibility index (Phi) is 4.06. The number of carbonyl (C=O) groups is 1. The topological polar surface area (TPSA) is 53.3 Å². The van der Waals surface area contributed by atoms with Gasteiger partial charge in [-0.05, 0) is 43.9 Å². The maximum absolute atomic E-state index is 11.9. The highest BCUT2D eigenvalue weighted by Gasteiger charge is 2.30. The summed E-state index contributed by atoms with van der Waals surface area (Å²) < 4.78 is 4.88. The van der Waals surface area contributed by atoms with E-state index in [1.54, 1.807) is 0 Å². The molecule has 0 bridgehead atoms. The number of esters is 1. The fourth-order valence-electron chi connectivity index (χ4n) is 2.57. The molecule has 0 saturated carbocycles. The van der Waals surface area contributed by atoms with Gasteiger partial charge in [0, 0.05) is 6.54 Å². The molecule has 0 aliphatic carbocycles. The summed E-state index contributed by atoms with van der Waals surface area (Å²) in [6.45, 7) is 2.78. The van der Waals surface area contributed by atoms with E-state index in [1.807, 2.05) is 30.0 Å². The van der Waals surface area contributed by atoms with Gasteiger partial charge in [-0.25, -0.2) is 4.79 Å². The lowest BCUT2D eigenvalue weighted by atomic mass is 9.99. The predicted octanol–water partition coefficient (Wildman–Crippen LogP) is 2.40. The van der Waals surface area contributed by atoms with E-state index in [0.29, 0.717) is 5.56 Å². The first-order valence-corrected chi connectivity index (χ1v) is 6.52. The lowest BCUT2D eigenvalue weighted by molar-refractivity contribution is -0.142. The Bertz CT molecular complexity index is 519. The van der Waals surface area contributed by atoms with E-state index < -0.39 is 0 Å². The number of anilines is 1. The van der Waals surface area contributed by atoms with Crippen molar-refractivity contribution in [2.24, 2.45) is 0 Å². The molecule has 1 saturated heterocycles. The van der Waals surface area contributed by atoms with Gasteiger partial charge in [0.25, 0.3) is 0 Å². The normalized spacial score (nSPS) is 18.8. The Labute approximate surface area is 113 Å². The van der Waals surface area contributed by atoms with E-state index in [0.717, 1.165) is 37.1 Å². The molecule has 1 heterocycles. The van der Waals surface area contributed by atoms with Crippen LogP contribution in [0.5, 0.6) is 0 Å². The number of carbonyl (C=O) groups excluding carboxylic acids is 1. The van der Waals surface area contributed by atoms with Crippen LogP contribution >= 0.6 is 0 Å². The molecule has 19 heavy (non-hydrogen) atoms. The highest BCUT2D eigenvalue weighted by Crippen LogP contribution is 2.29. The summed E-state index contributed by atoms with van der Waals surface area (Å²) in [6, 6.07) is 7.63. The smallest absolute Gasteiger partial charge is 0.328 e. The molecule has 0 N–H and O–H groups in total. The van der Waals surface area contributed by atoms with Crippen molar-refractivity contribution in [3.8, 4) is 6.07 Å². The second-order valence-corrected chi connectivity index (χ2v) is 4.86. The summed E-state index contributed by atoms with van der Waals surface area (Å²) in [4.78, 5) is 13.9. The van der Waals surface area contributed by atoms with E-state index in [9.17, 15) is 10.1 Å². The van der Waals surface area contributed by atoms with Gasteiger partial charge >= 0.3 is 5.97 Å².